The van der Waals surface area contributed by atoms with Crippen molar-refractivity contribution < 1.29 is 8.42 Å². The van der Waals surface area contributed by atoms with E-state index in [1.165, 1.54) is 11.0 Å². The van der Waals surface area contributed by atoms with Gasteiger partial charge in [-0.05, 0) is 5.21 Å². The summed E-state index contributed by atoms with van der Waals surface area (Å²) in [6.45, 7) is 2.18. The summed E-state index contributed by atoms with van der Waals surface area (Å²) < 4.78 is 24.1. The van der Waals surface area contributed by atoms with Crippen LogP contribution in [0.5, 0.6) is 0 Å². The fraction of sp³-hybridized carbons (Fsp3) is 0.500. The van der Waals surface area contributed by atoms with Gasteiger partial charge in [0.05, 0.1) is 13.6 Å². The predicted molar refractivity (Wildman–Crippen MR) is 60.9 cm³/mol. The van der Waals surface area contributed by atoms with E-state index < -0.39 is 10.0 Å². The molecule has 0 unspecified atom stereocenters. The summed E-state index contributed by atoms with van der Waals surface area (Å²) in [5.74, 6) is 1.08. The normalized spacial score (nSPS) is 11.9. The maximum Gasteiger partial charge on any atom is 0.257 e. The Morgan fingerprint density at radius 3 is 2.67 bits per heavy atom. The quantitative estimate of drug-likeness (QED) is 0.734. The maximum atomic E-state index is 11.2. The van der Waals surface area contributed by atoms with E-state index in [0.717, 1.165) is 0 Å². The molecule has 0 saturated carbocycles. The van der Waals surface area contributed by atoms with Crippen molar-refractivity contribution >= 4 is 10.0 Å². The van der Waals surface area contributed by atoms with Crippen molar-refractivity contribution in [2.75, 3.05) is 0 Å². The molecule has 0 aliphatic heterocycles. The van der Waals surface area contributed by atoms with Crippen LogP contribution in [0.4, 0.5) is 0 Å². The number of primary sulfonamides is 1. The third-order valence-electron chi connectivity index (χ3n) is 2.31. The van der Waals surface area contributed by atoms with E-state index in [-0.39, 0.29) is 5.03 Å². The lowest BCUT2D eigenvalue weighted by molar-refractivity contribution is 0.594. The second-order valence-electron chi connectivity index (χ2n) is 3.72. The Morgan fingerprint density at radius 1 is 1.44 bits per heavy atom. The molecule has 0 amide bonds. The molecule has 2 aromatic heterocycles. The number of sulfonamides is 1. The van der Waals surface area contributed by atoms with Gasteiger partial charge in [0.1, 0.15) is 5.82 Å². The number of aryl methyl sites for hydroxylation is 2. The highest BCUT2D eigenvalue weighted by Gasteiger charge is 2.16. The van der Waals surface area contributed by atoms with Crippen molar-refractivity contribution in [3.63, 3.8) is 0 Å². The van der Waals surface area contributed by atoms with Crippen LogP contribution in [0.25, 0.3) is 0 Å². The van der Waals surface area contributed by atoms with Crippen LogP contribution in [-0.4, -0.2) is 38.2 Å². The van der Waals surface area contributed by atoms with Crippen LogP contribution in [0, 0.1) is 0 Å². The van der Waals surface area contributed by atoms with E-state index in [4.69, 9.17) is 5.14 Å². The van der Waals surface area contributed by atoms with Crippen LogP contribution in [0.3, 0.4) is 0 Å². The van der Waals surface area contributed by atoms with Crippen molar-refractivity contribution in [1.29, 1.82) is 0 Å². The molecular weight excluding hydrogens is 258 g/mol. The van der Waals surface area contributed by atoms with Gasteiger partial charge in [0.15, 0.2) is 10.9 Å². The lowest BCUT2D eigenvalue weighted by Gasteiger charge is -2.01. The van der Waals surface area contributed by atoms with E-state index in [1.54, 1.807) is 11.6 Å². The standard InChI is InChI=1S/C8H13N7O2S/c1-3-7-10-8(18(9,16)17)5-15(7)4-6-11-13-14(2)12-6/h5H,3-4H2,1-2H3,(H2,9,16,17). The Kier molecular flexibility index (Phi) is 3.13. The summed E-state index contributed by atoms with van der Waals surface area (Å²) in [5.41, 5.74) is 0. The van der Waals surface area contributed by atoms with Crippen LogP contribution in [0.2, 0.25) is 0 Å². The van der Waals surface area contributed by atoms with Gasteiger partial charge in [-0.2, -0.15) is 4.80 Å². The van der Waals surface area contributed by atoms with Gasteiger partial charge in [-0.15, -0.1) is 10.2 Å². The summed E-state index contributed by atoms with van der Waals surface area (Å²) in [5, 5.41) is 16.4. The van der Waals surface area contributed by atoms with Gasteiger partial charge in [0.2, 0.25) is 0 Å². The van der Waals surface area contributed by atoms with E-state index in [0.29, 0.717) is 24.6 Å². The Bertz CT molecular complexity index is 657. The minimum Gasteiger partial charge on any atom is -0.326 e. The van der Waals surface area contributed by atoms with Crippen LogP contribution in [-0.2, 0) is 30.0 Å². The van der Waals surface area contributed by atoms with Crippen molar-refractivity contribution in [2.24, 2.45) is 12.2 Å². The number of imidazole rings is 1. The van der Waals surface area contributed by atoms with Gasteiger partial charge >= 0.3 is 0 Å². The zero-order valence-corrected chi connectivity index (χ0v) is 10.8. The molecular formula is C8H13N7O2S. The van der Waals surface area contributed by atoms with Crippen LogP contribution in [0.1, 0.15) is 18.6 Å². The predicted octanol–water partition coefficient (Wildman–Crippen LogP) is -1.34. The molecule has 0 bridgehead atoms. The smallest absolute Gasteiger partial charge is 0.257 e. The van der Waals surface area contributed by atoms with E-state index >= 15 is 0 Å². The summed E-state index contributed by atoms with van der Waals surface area (Å²) >= 11 is 0. The van der Waals surface area contributed by atoms with Crippen molar-refractivity contribution in [3.8, 4) is 0 Å². The molecule has 0 saturated heterocycles. The third kappa shape index (κ3) is 2.54. The highest BCUT2D eigenvalue weighted by molar-refractivity contribution is 7.89. The molecule has 2 aromatic rings. The molecule has 0 radical (unpaired) electrons. The van der Waals surface area contributed by atoms with Crippen molar-refractivity contribution in [3.05, 3.63) is 17.8 Å². The summed E-state index contributed by atoms with van der Waals surface area (Å²) in [6.07, 6.45) is 1.96. The second kappa shape index (κ2) is 4.46. The lowest BCUT2D eigenvalue weighted by atomic mass is 10.4. The molecule has 10 heteroatoms. The molecule has 0 aliphatic rings. The van der Waals surface area contributed by atoms with Crippen LogP contribution < -0.4 is 5.14 Å². The van der Waals surface area contributed by atoms with Crippen molar-refractivity contribution in [2.45, 2.75) is 24.9 Å². The first-order valence-electron chi connectivity index (χ1n) is 5.22. The Morgan fingerprint density at radius 2 is 2.17 bits per heavy atom. The summed E-state index contributed by atoms with van der Waals surface area (Å²) in [7, 11) is -2.14. The molecule has 0 aliphatic carbocycles. The zero-order chi connectivity index (χ0) is 13.3. The Labute approximate surface area is 104 Å². The largest absolute Gasteiger partial charge is 0.326 e. The maximum absolute atomic E-state index is 11.2. The molecule has 98 valence electrons. The lowest BCUT2D eigenvalue weighted by Crippen LogP contribution is -2.12. The minimum atomic E-state index is -3.80. The molecule has 2 N–H and O–H groups in total. The van der Waals surface area contributed by atoms with Crippen LogP contribution in [0.15, 0.2) is 11.2 Å². The fourth-order valence-corrected chi connectivity index (χ4v) is 2.03. The highest BCUT2D eigenvalue weighted by atomic mass is 32.2. The first-order valence-corrected chi connectivity index (χ1v) is 6.76. The van der Waals surface area contributed by atoms with Gasteiger partial charge in [0.25, 0.3) is 10.0 Å². The molecule has 2 rings (SSSR count). The SMILES string of the molecule is CCc1nc(S(N)(=O)=O)cn1Cc1nnn(C)n1. The first-order chi connectivity index (χ1) is 8.40. The molecule has 0 fully saturated rings. The second-order valence-corrected chi connectivity index (χ2v) is 5.23. The Balaban J connectivity index is 2.35. The molecule has 0 atom stereocenters. The average molecular weight is 271 g/mol. The monoisotopic (exact) mass is 271 g/mol. The molecule has 18 heavy (non-hydrogen) atoms. The van der Waals surface area contributed by atoms with Gasteiger partial charge in [0, 0.05) is 12.6 Å². The van der Waals surface area contributed by atoms with E-state index in [2.05, 4.69) is 20.4 Å². The van der Waals surface area contributed by atoms with E-state index in [1.807, 2.05) is 6.92 Å². The number of hydrogen-bond acceptors (Lipinski definition) is 6. The number of rotatable bonds is 4. The molecule has 9 nitrogen and oxygen atoms in total. The number of aromatic nitrogens is 6. The average Bonchev–Trinajstić information content (AvgIpc) is 2.85. The number of nitrogens with zero attached hydrogens (tertiary/aromatic N) is 6. The zero-order valence-electron chi connectivity index (χ0n) is 9.98. The molecule has 2 heterocycles. The van der Waals surface area contributed by atoms with E-state index in [9.17, 15) is 8.42 Å². The highest BCUT2D eigenvalue weighted by Crippen LogP contribution is 2.09. The summed E-state index contributed by atoms with van der Waals surface area (Å²) in [4.78, 5) is 5.30. The van der Waals surface area contributed by atoms with Gasteiger partial charge in [-0.25, -0.2) is 18.5 Å². The van der Waals surface area contributed by atoms with Crippen molar-refractivity contribution in [1.82, 2.24) is 29.8 Å². The summed E-state index contributed by atoms with van der Waals surface area (Å²) in [6, 6.07) is 0. The van der Waals surface area contributed by atoms with Crippen LogP contribution >= 0.6 is 0 Å². The topological polar surface area (TPSA) is 122 Å². The third-order valence-corrected chi connectivity index (χ3v) is 3.09. The first kappa shape index (κ1) is 12.6. The Hall–Kier alpha value is -1.81. The number of hydrogen-bond donors (Lipinski definition) is 1. The number of nitrogens with two attached hydrogens (primary N) is 1. The van der Waals surface area contributed by atoms with Gasteiger partial charge in [-0.1, -0.05) is 6.92 Å². The molecule has 0 spiro atoms. The minimum absolute atomic E-state index is 0.150. The molecule has 0 aromatic carbocycles. The van der Waals surface area contributed by atoms with Gasteiger partial charge in [-0.3, -0.25) is 0 Å². The fourth-order valence-electron chi connectivity index (χ4n) is 1.52. The number of tetrazole rings is 1. The van der Waals surface area contributed by atoms with Gasteiger partial charge < -0.3 is 4.57 Å².